The quantitative estimate of drug-likeness (QED) is 0.891. The van der Waals surface area contributed by atoms with E-state index in [-0.39, 0.29) is 11.7 Å². The van der Waals surface area contributed by atoms with Crippen molar-refractivity contribution < 1.29 is 0 Å². The Morgan fingerprint density at radius 1 is 1.18 bits per heavy atom. The monoisotopic (exact) mass is 300 g/mol. The lowest BCUT2D eigenvalue weighted by atomic mass is 10.0. The molecule has 1 heterocycles. The van der Waals surface area contributed by atoms with Gasteiger partial charge in [-0.2, -0.15) is 4.98 Å². The van der Waals surface area contributed by atoms with E-state index in [4.69, 9.17) is 0 Å². The van der Waals surface area contributed by atoms with E-state index >= 15 is 0 Å². The van der Waals surface area contributed by atoms with Crippen LogP contribution in [0.1, 0.15) is 45.2 Å². The summed E-state index contributed by atoms with van der Waals surface area (Å²) in [6.07, 6.45) is 4.25. The average Bonchev–Trinajstić information content (AvgIpc) is 2.54. The number of hydrogen-bond donors (Lipinski definition) is 1. The Morgan fingerprint density at radius 2 is 1.82 bits per heavy atom. The Hall–Kier alpha value is -2.17. The number of aromatic nitrogens is 3. The maximum absolute atomic E-state index is 12.4. The summed E-state index contributed by atoms with van der Waals surface area (Å²) in [4.78, 5) is 20.8. The van der Waals surface area contributed by atoms with Crippen LogP contribution in [-0.4, -0.2) is 20.6 Å². The van der Waals surface area contributed by atoms with Gasteiger partial charge in [-0.05, 0) is 37.3 Å². The first-order valence-corrected chi connectivity index (χ1v) is 7.94. The number of nitrogens with one attached hydrogen (secondary N) is 1. The third-order valence-electron chi connectivity index (χ3n) is 3.90. The average molecular weight is 300 g/mol. The van der Waals surface area contributed by atoms with Crippen LogP contribution in [0, 0.1) is 0 Å². The van der Waals surface area contributed by atoms with Crippen LogP contribution in [-0.2, 0) is 12.8 Å². The Morgan fingerprint density at radius 3 is 2.32 bits per heavy atom. The maximum atomic E-state index is 12.4. The molecule has 0 spiro atoms. The smallest absolute Gasteiger partial charge is 0.352 e. The Labute approximate surface area is 131 Å². The van der Waals surface area contributed by atoms with Gasteiger partial charge in [-0.3, -0.25) is 4.57 Å². The summed E-state index contributed by atoms with van der Waals surface area (Å²) in [6.45, 7) is 8.28. The van der Waals surface area contributed by atoms with Gasteiger partial charge >= 0.3 is 5.69 Å². The fraction of sp³-hybridized carbons (Fsp3) is 0.471. The highest BCUT2D eigenvalue weighted by Gasteiger charge is 2.12. The van der Waals surface area contributed by atoms with Gasteiger partial charge in [0.15, 0.2) is 0 Å². The van der Waals surface area contributed by atoms with Gasteiger partial charge in [-0.1, -0.05) is 39.0 Å². The molecule has 1 unspecified atom stereocenters. The predicted octanol–water partition coefficient (Wildman–Crippen LogP) is 2.96. The van der Waals surface area contributed by atoms with Crippen LogP contribution in [0.15, 0.2) is 29.3 Å². The predicted molar refractivity (Wildman–Crippen MR) is 89.8 cm³/mol. The summed E-state index contributed by atoms with van der Waals surface area (Å²) in [5.74, 6) is 0.391. The van der Waals surface area contributed by atoms with Crippen LogP contribution in [0.2, 0.25) is 0 Å². The number of benzene rings is 1. The van der Waals surface area contributed by atoms with E-state index in [1.54, 1.807) is 10.9 Å². The second-order valence-corrected chi connectivity index (χ2v) is 5.42. The van der Waals surface area contributed by atoms with Gasteiger partial charge in [0.1, 0.15) is 6.33 Å². The highest BCUT2D eigenvalue weighted by molar-refractivity contribution is 5.48. The number of nitrogens with zero attached hydrogens (tertiary/aromatic N) is 3. The summed E-state index contributed by atoms with van der Waals surface area (Å²) in [5, 5.41) is 3.13. The molecule has 2 rings (SSSR count). The van der Waals surface area contributed by atoms with Crippen LogP contribution >= 0.6 is 0 Å². The molecule has 0 fully saturated rings. The van der Waals surface area contributed by atoms with Gasteiger partial charge in [0.25, 0.3) is 0 Å². The van der Waals surface area contributed by atoms with E-state index in [1.807, 2.05) is 25.1 Å². The van der Waals surface area contributed by atoms with E-state index in [9.17, 15) is 4.79 Å². The lowest BCUT2D eigenvalue weighted by Crippen LogP contribution is -2.27. The van der Waals surface area contributed by atoms with Crippen LogP contribution in [0.4, 0.5) is 5.95 Å². The lowest BCUT2D eigenvalue weighted by molar-refractivity contribution is 0.740. The Kier molecular flexibility index (Phi) is 5.31. The summed E-state index contributed by atoms with van der Waals surface area (Å²) < 4.78 is 1.56. The topological polar surface area (TPSA) is 59.8 Å². The van der Waals surface area contributed by atoms with Gasteiger partial charge in [0.2, 0.25) is 5.95 Å². The summed E-state index contributed by atoms with van der Waals surface area (Å²) in [5.41, 5.74) is 2.89. The molecule has 5 nitrogen and oxygen atoms in total. The second-order valence-electron chi connectivity index (χ2n) is 5.42. The first-order valence-electron chi connectivity index (χ1n) is 7.94. The Balaban J connectivity index is 2.48. The number of hydrogen-bond acceptors (Lipinski definition) is 4. The van der Waals surface area contributed by atoms with E-state index in [0.29, 0.717) is 5.95 Å². The molecule has 0 saturated heterocycles. The van der Waals surface area contributed by atoms with Gasteiger partial charge in [0, 0.05) is 6.04 Å². The SMILES string of the molecule is CCc1cccc(CC)c1-n1cnc(NC(C)CC)nc1=O. The molecule has 2 aromatic rings. The zero-order valence-corrected chi connectivity index (χ0v) is 13.8. The van der Waals surface area contributed by atoms with Gasteiger partial charge < -0.3 is 5.32 Å². The molecule has 0 radical (unpaired) electrons. The molecule has 0 bridgehead atoms. The van der Waals surface area contributed by atoms with Crippen molar-refractivity contribution in [3.8, 4) is 5.69 Å². The molecule has 5 heteroatoms. The molecule has 22 heavy (non-hydrogen) atoms. The molecule has 1 aromatic heterocycles. The second kappa shape index (κ2) is 7.20. The minimum Gasteiger partial charge on any atom is -0.352 e. The highest BCUT2D eigenvalue weighted by atomic mass is 16.1. The standard InChI is InChI=1S/C17H24N4O/c1-5-12(4)19-16-18-11-21(17(22)20-16)15-13(6-2)9-8-10-14(15)7-3/h8-12H,5-7H2,1-4H3,(H,19,20,22). The molecule has 0 saturated carbocycles. The summed E-state index contributed by atoms with van der Waals surface area (Å²) >= 11 is 0. The molecule has 1 N–H and O–H groups in total. The van der Waals surface area contributed by atoms with Crippen molar-refractivity contribution >= 4 is 5.95 Å². The van der Waals surface area contributed by atoms with Crippen molar-refractivity contribution in [2.75, 3.05) is 5.32 Å². The van der Waals surface area contributed by atoms with Crippen LogP contribution in [0.25, 0.3) is 5.69 Å². The molecule has 1 atom stereocenters. The maximum Gasteiger partial charge on any atom is 0.356 e. The largest absolute Gasteiger partial charge is 0.356 e. The lowest BCUT2D eigenvalue weighted by Gasteiger charge is -2.15. The van der Waals surface area contributed by atoms with Gasteiger partial charge in [0.05, 0.1) is 5.69 Å². The molecule has 118 valence electrons. The highest BCUT2D eigenvalue weighted by Crippen LogP contribution is 2.19. The Bertz CT molecular complexity index is 671. The molecular formula is C17H24N4O. The van der Waals surface area contributed by atoms with Gasteiger partial charge in [-0.25, -0.2) is 9.78 Å². The van der Waals surface area contributed by atoms with Crippen molar-refractivity contribution in [2.45, 2.75) is 53.0 Å². The number of anilines is 1. The van der Waals surface area contributed by atoms with Crippen molar-refractivity contribution in [2.24, 2.45) is 0 Å². The van der Waals surface area contributed by atoms with Crippen LogP contribution < -0.4 is 11.0 Å². The van der Waals surface area contributed by atoms with E-state index in [0.717, 1.165) is 36.1 Å². The third kappa shape index (κ3) is 3.35. The van der Waals surface area contributed by atoms with Crippen molar-refractivity contribution in [1.82, 2.24) is 14.5 Å². The van der Waals surface area contributed by atoms with Crippen molar-refractivity contribution in [3.05, 3.63) is 46.1 Å². The summed E-state index contributed by atoms with van der Waals surface area (Å²) in [7, 11) is 0. The van der Waals surface area contributed by atoms with Crippen molar-refractivity contribution in [1.29, 1.82) is 0 Å². The van der Waals surface area contributed by atoms with Crippen molar-refractivity contribution in [3.63, 3.8) is 0 Å². The molecule has 0 aliphatic rings. The minimum absolute atomic E-state index is 0.240. The zero-order valence-electron chi connectivity index (χ0n) is 13.8. The molecular weight excluding hydrogens is 276 g/mol. The fourth-order valence-electron chi connectivity index (χ4n) is 2.41. The number of aryl methyl sites for hydroxylation is 2. The van der Waals surface area contributed by atoms with E-state index in [2.05, 4.69) is 36.1 Å². The van der Waals surface area contributed by atoms with Gasteiger partial charge in [-0.15, -0.1) is 0 Å². The summed E-state index contributed by atoms with van der Waals surface area (Å²) in [6, 6.07) is 6.37. The van der Waals surface area contributed by atoms with E-state index < -0.39 is 0 Å². The van der Waals surface area contributed by atoms with Crippen LogP contribution in [0.3, 0.4) is 0 Å². The number of rotatable bonds is 6. The first kappa shape index (κ1) is 16.2. The molecule has 0 aliphatic heterocycles. The molecule has 0 aliphatic carbocycles. The van der Waals surface area contributed by atoms with Crippen LogP contribution in [0.5, 0.6) is 0 Å². The molecule has 0 amide bonds. The third-order valence-corrected chi connectivity index (χ3v) is 3.90. The fourth-order valence-corrected chi connectivity index (χ4v) is 2.41. The number of para-hydroxylation sites is 1. The zero-order chi connectivity index (χ0) is 16.1. The van der Waals surface area contributed by atoms with E-state index in [1.165, 1.54) is 0 Å². The molecule has 1 aromatic carbocycles. The first-order chi connectivity index (χ1) is 10.6. The normalized spacial score (nSPS) is 12.2. The minimum atomic E-state index is -0.295.